The highest BCUT2D eigenvalue weighted by atomic mass is 79.9. The Morgan fingerprint density at radius 1 is 0.974 bits per heavy atom. The lowest BCUT2D eigenvalue weighted by Gasteiger charge is -2.36. The van der Waals surface area contributed by atoms with Crippen molar-refractivity contribution in [3.8, 4) is 17.2 Å². The van der Waals surface area contributed by atoms with Gasteiger partial charge in [0.05, 0.1) is 18.4 Å². The number of ether oxygens (including phenoxy) is 1. The zero-order valence-electron chi connectivity index (χ0n) is 21.2. The van der Waals surface area contributed by atoms with Gasteiger partial charge < -0.3 is 24.3 Å². The number of methoxy groups -OCH3 is 1. The highest BCUT2D eigenvalue weighted by Crippen LogP contribution is 2.30. The molecular weight excluding hydrogens is 582 g/mol. The third-order valence-corrected chi connectivity index (χ3v) is 7.59. The molecule has 0 radical (unpaired) electrons. The van der Waals surface area contributed by atoms with Crippen LogP contribution in [0.4, 0.5) is 11.4 Å². The van der Waals surface area contributed by atoms with E-state index in [1.165, 1.54) is 11.8 Å². The molecule has 0 aliphatic carbocycles. The van der Waals surface area contributed by atoms with E-state index in [1.807, 2.05) is 77.7 Å². The average molecular weight is 609 g/mol. The third kappa shape index (κ3) is 6.61. The number of rotatable bonds is 8. The number of halogens is 1. The molecule has 200 valence electrons. The van der Waals surface area contributed by atoms with Crippen LogP contribution in [-0.2, 0) is 4.79 Å². The molecule has 0 spiro atoms. The number of aromatic nitrogens is 2. The van der Waals surface area contributed by atoms with E-state index in [0.29, 0.717) is 46.8 Å². The largest absolute Gasteiger partial charge is 0.496 e. The number of carbonyl (C=O) groups excluding carboxylic acids is 2. The van der Waals surface area contributed by atoms with E-state index >= 15 is 0 Å². The molecular formula is C28H26BrN5O4S. The molecule has 1 aliphatic rings. The van der Waals surface area contributed by atoms with E-state index in [1.54, 1.807) is 7.11 Å². The van der Waals surface area contributed by atoms with Gasteiger partial charge in [0.25, 0.3) is 17.0 Å². The number of piperazine rings is 1. The first-order chi connectivity index (χ1) is 19.0. The highest BCUT2D eigenvalue weighted by Gasteiger charge is 2.22. The summed E-state index contributed by atoms with van der Waals surface area (Å²) < 4.78 is 12.0. The Hall–Kier alpha value is -3.83. The van der Waals surface area contributed by atoms with Gasteiger partial charge >= 0.3 is 0 Å². The van der Waals surface area contributed by atoms with Crippen LogP contribution in [0, 0.1) is 0 Å². The van der Waals surface area contributed by atoms with Crippen LogP contribution in [-0.4, -0.2) is 66.0 Å². The summed E-state index contributed by atoms with van der Waals surface area (Å²) in [6.07, 6.45) is 0. The highest BCUT2D eigenvalue weighted by molar-refractivity contribution is 9.10. The topological polar surface area (TPSA) is 101 Å². The van der Waals surface area contributed by atoms with Gasteiger partial charge in [-0.3, -0.25) is 9.59 Å². The van der Waals surface area contributed by atoms with Crippen LogP contribution < -0.4 is 15.0 Å². The van der Waals surface area contributed by atoms with E-state index in [4.69, 9.17) is 9.15 Å². The van der Waals surface area contributed by atoms with E-state index in [9.17, 15) is 9.59 Å². The molecule has 0 bridgehead atoms. The zero-order chi connectivity index (χ0) is 27.2. The number of hydrogen-bond acceptors (Lipinski definition) is 8. The van der Waals surface area contributed by atoms with Gasteiger partial charge in [0.2, 0.25) is 5.91 Å². The molecule has 1 fully saturated rings. The Kier molecular flexibility index (Phi) is 8.48. The number of amides is 2. The van der Waals surface area contributed by atoms with Crippen molar-refractivity contribution in [3.05, 3.63) is 82.8 Å². The summed E-state index contributed by atoms with van der Waals surface area (Å²) in [4.78, 5) is 29.4. The fraction of sp³-hybridized carbons (Fsp3) is 0.214. The summed E-state index contributed by atoms with van der Waals surface area (Å²) in [5, 5.41) is 11.3. The maximum absolute atomic E-state index is 12.8. The van der Waals surface area contributed by atoms with Crippen LogP contribution in [0.3, 0.4) is 0 Å². The maximum Gasteiger partial charge on any atom is 0.277 e. The zero-order valence-corrected chi connectivity index (χ0v) is 23.6. The molecule has 11 heteroatoms. The van der Waals surface area contributed by atoms with Crippen molar-refractivity contribution < 1.29 is 18.7 Å². The third-order valence-electron chi connectivity index (χ3n) is 6.24. The van der Waals surface area contributed by atoms with Crippen LogP contribution >= 0.6 is 27.7 Å². The molecule has 0 saturated carbocycles. The van der Waals surface area contributed by atoms with E-state index in [2.05, 4.69) is 36.3 Å². The predicted octanol–water partition coefficient (Wildman–Crippen LogP) is 5.20. The van der Waals surface area contributed by atoms with Crippen molar-refractivity contribution >= 4 is 50.9 Å². The Balaban J connectivity index is 1.09. The second kappa shape index (κ2) is 12.4. The van der Waals surface area contributed by atoms with Gasteiger partial charge in [-0.1, -0.05) is 39.8 Å². The van der Waals surface area contributed by atoms with Crippen LogP contribution in [0.25, 0.3) is 11.5 Å². The van der Waals surface area contributed by atoms with Crippen molar-refractivity contribution in [3.63, 3.8) is 0 Å². The van der Waals surface area contributed by atoms with E-state index < -0.39 is 0 Å². The average Bonchev–Trinajstić information content (AvgIpc) is 3.46. The van der Waals surface area contributed by atoms with Gasteiger partial charge in [0.15, 0.2) is 0 Å². The minimum Gasteiger partial charge on any atom is -0.496 e. The Morgan fingerprint density at radius 2 is 1.69 bits per heavy atom. The molecule has 1 aliphatic heterocycles. The van der Waals surface area contributed by atoms with Crippen LogP contribution in [0.5, 0.6) is 5.75 Å². The second-order valence-corrected chi connectivity index (χ2v) is 10.6. The lowest BCUT2D eigenvalue weighted by atomic mass is 10.1. The fourth-order valence-corrected chi connectivity index (χ4v) is 5.05. The van der Waals surface area contributed by atoms with Crippen molar-refractivity contribution in [2.24, 2.45) is 0 Å². The lowest BCUT2D eigenvalue weighted by Crippen LogP contribution is -2.48. The minimum absolute atomic E-state index is 0.0506. The second-order valence-electron chi connectivity index (χ2n) is 8.74. The molecule has 0 unspecified atom stereocenters. The number of anilines is 2. The number of nitrogens with zero attached hydrogens (tertiary/aromatic N) is 4. The van der Waals surface area contributed by atoms with Crippen molar-refractivity contribution in [2.75, 3.05) is 49.3 Å². The quantitative estimate of drug-likeness (QED) is 0.273. The van der Waals surface area contributed by atoms with Crippen molar-refractivity contribution in [2.45, 2.75) is 5.22 Å². The first kappa shape index (κ1) is 26.8. The van der Waals surface area contributed by atoms with Gasteiger partial charge in [0, 0.05) is 47.6 Å². The van der Waals surface area contributed by atoms with Gasteiger partial charge in [-0.15, -0.1) is 10.2 Å². The summed E-state index contributed by atoms with van der Waals surface area (Å²) in [6.45, 7) is 2.79. The van der Waals surface area contributed by atoms with E-state index in [0.717, 1.165) is 23.2 Å². The molecule has 1 saturated heterocycles. The number of thioether (sulfide) groups is 1. The molecule has 1 N–H and O–H groups in total. The molecule has 4 aromatic rings. The van der Waals surface area contributed by atoms with Gasteiger partial charge in [-0.25, -0.2) is 0 Å². The number of carbonyl (C=O) groups is 2. The molecule has 2 amide bonds. The Labute approximate surface area is 238 Å². The van der Waals surface area contributed by atoms with Gasteiger partial charge in [0.1, 0.15) is 5.75 Å². The smallest absolute Gasteiger partial charge is 0.277 e. The van der Waals surface area contributed by atoms with Crippen molar-refractivity contribution in [1.82, 2.24) is 15.1 Å². The Morgan fingerprint density at radius 3 is 2.41 bits per heavy atom. The molecule has 2 heterocycles. The summed E-state index contributed by atoms with van der Waals surface area (Å²) in [5.41, 5.74) is 3.14. The van der Waals surface area contributed by atoms with Gasteiger partial charge in [-0.2, -0.15) is 0 Å². The number of benzene rings is 3. The molecule has 5 rings (SSSR count). The normalized spacial score (nSPS) is 13.3. The molecule has 9 nitrogen and oxygen atoms in total. The SMILES string of the molecule is COc1ccccc1-c1nnc(SCC(=O)Nc2ccc(N3CCN(C(=O)c4ccc(Br)cc4)CC3)cc2)o1. The first-order valence-electron chi connectivity index (χ1n) is 12.3. The predicted molar refractivity (Wildman–Crippen MR) is 154 cm³/mol. The molecule has 1 aromatic heterocycles. The molecule has 0 atom stereocenters. The summed E-state index contributed by atoms with van der Waals surface area (Å²) >= 11 is 4.57. The number of para-hydroxylation sites is 1. The summed E-state index contributed by atoms with van der Waals surface area (Å²) in [7, 11) is 1.58. The first-order valence-corrected chi connectivity index (χ1v) is 14.1. The van der Waals surface area contributed by atoms with Crippen LogP contribution in [0.15, 0.2) is 86.9 Å². The van der Waals surface area contributed by atoms with Crippen LogP contribution in [0.2, 0.25) is 0 Å². The summed E-state index contributed by atoms with van der Waals surface area (Å²) in [6, 6.07) is 22.5. The van der Waals surface area contributed by atoms with Gasteiger partial charge in [-0.05, 0) is 60.7 Å². The molecule has 3 aromatic carbocycles. The van der Waals surface area contributed by atoms with Crippen LogP contribution in [0.1, 0.15) is 10.4 Å². The molecule has 39 heavy (non-hydrogen) atoms. The maximum atomic E-state index is 12.8. The number of hydrogen-bond donors (Lipinski definition) is 1. The van der Waals surface area contributed by atoms with E-state index in [-0.39, 0.29) is 17.6 Å². The monoisotopic (exact) mass is 607 g/mol. The standard InChI is InChI=1S/C28H26BrN5O4S/c1-37-24-5-3-2-4-23(24)26-31-32-28(38-26)39-18-25(35)30-21-10-12-22(13-11-21)33-14-16-34(17-15-33)27(36)19-6-8-20(29)9-7-19/h2-13H,14-18H2,1H3,(H,30,35). The minimum atomic E-state index is -0.176. The Bertz CT molecular complexity index is 1440. The lowest BCUT2D eigenvalue weighted by molar-refractivity contribution is -0.113. The fourth-order valence-electron chi connectivity index (χ4n) is 4.22. The van der Waals surface area contributed by atoms with Crippen molar-refractivity contribution in [1.29, 1.82) is 0 Å². The summed E-state index contributed by atoms with van der Waals surface area (Å²) in [5.74, 6) is 0.975. The number of nitrogens with one attached hydrogen (secondary N) is 1.